The van der Waals surface area contributed by atoms with Crippen molar-refractivity contribution in [3.63, 3.8) is 0 Å². The van der Waals surface area contributed by atoms with Crippen molar-refractivity contribution < 1.29 is 14.6 Å². The third kappa shape index (κ3) is 2.42. The Labute approximate surface area is 94.4 Å². The standard InChI is InChI=1S/C13H14O3/c1-16-11-4-2-3-9(7-11)12-8-10(12)5-6-13(14)15/h2-7,10,12H,8H2,1H3,(H,14,15)/p-1/b6-5+. The molecule has 16 heavy (non-hydrogen) atoms. The minimum absolute atomic E-state index is 0.324. The number of rotatable bonds is 4. The van der Waals surface area contributed by atoms with Crippen LogP contribution < -0.4 is 9.84 Å². The molecule has 0 aliphatic heterocycles. The number of allylic oxidation sites excluding steroid dienone is 1. The molecule has 0 heterocycles. The molecule has 84 valence electrons. The van der Waals surface area contributed by atoms with Crippen molar-refractivity contribution in [3.05, 3.63) is 42.0 Å². The number of aliphatic carboxylic acids is 1. The summed E-state index contributed by atoms with van der Waals surface area (Å²) in [5, 5.41) is 10.3. The van der Waals surface area contributed by atoms with Crippen LogP contribution in [-0.2, 0) is 4.79 Å². The first kappa shape index (κ1) is 10.7. The predicted molar refractivity (Wildman–Crippen MR) is 58.0 cm³/mol. The average molecular weight is 217 g/mol. The minimum Gasteiger partial charge on any atom is -0.545 e. The van der Waals surface area contributed by atoms with E-state index in [1.165, 1.54) is 5.56 Å². The number of carbonyl (C=O) groups is 1. The maximum Gasteiger partial charge on any atom is 0.119 e. The fourth-order valence-corrected chi connectivity index (χ4v) is 1.88. The summed E-state index contributed by atoms with van der Waals surface area (Å²) in [5.41, 5.74) is 1.20. The predicted octanol–water partition coefficient (Wildman–Crippen LogP) is 1.10. The lowest BCUT2D eigenvalue weighted by molar-refractivity contribution is -0.297. The van der Waals surface area contributed by atoms with Gasteiger partial charge in [0.25, 0.3) is 0 Å². The Morgan fingerprint density at radius 2 is 2.38 bits per heavy atom. The van der Waals surface area contributed by atoms with Gasteiger partial charge in [-0.1, -0.05) is 18.2 Å². The zero-order valence-corrected chi connectivity index (χ0v) is 9.05. The maximum absolute atomic E-state index is 10.3. The Balaban J connectivity index is 2.02. The van der Waals surface area contributed by atoms with Gasteiger partial charge in [0.1, 0.15) is 5.75 Å². The lowest BCUT2D eigenvalue weighted by Gasteiger charge is -2.02. The molecule has 2 unspecified atom stereocenters. The summed E-state index contributed by atoms with van der Waals surface area (Å²) >= 11 is 0. The van der Waals surface area contributed by atoms with E-state index in [1.54, 1.807) is 13.2 Å². The maximum atomic E-state index is 10.3. The summed E-state index contributed by atoms with van der Waals surface area (Å²) in [4.78, 5) is 10.3. The fourth-order valence-electron chi connectivity index (χ4n) is 1.88. The van der Waals surface area contributed by atoms with Crippen LogP contribution in [0.3, 0.4) is 0 Å². The smallest absolute Gasteiger partial charge is 0.119 e. The van der Waals surface area contributed by atoms with E-state index in [1.807, 2.05) is 24.3 Å². The molecule has 0 amide bonds. The molecule has 1 aromatic carbocycles. The van der Waals surface area contributed by atoms with Gasteiger partial charge in [-0.15, -0.1) is 0 Å². The van der Waals surface area contributed by atoms with Gasteiger partial charge in [-0.25, -0.2) is 0 Å². The van der Waals surface area contributed by atoms with E-state index in [9.17, 15) is 9.90 Å². The van der Waals surface area contributed by atoms with Crippen LogP contribution in [0.15, 0.2) is 36.4 Å². The van der Waals surface area contributed by atoms with Crippen molar-refractivity contribution in [2.75, 3.05) is 7.11 Å². The molecule has 0 bridgehead atoms. The molecule has 1 fully saturated rings. The van der Waals surface area contributed by atoms with Crippen LogP contribution in [0.5, 0.6) is 5.75 Å². The zero-order chi connectivity index (χ0) is 11.5. The van der Waals surface area contributed by atoms with E-state index in [-0.39, 0.29) is 0 Å². The molecule has 0 saturated heterocycles. The molecule has 2 atom stereocenters. The quantitative estimate of drug-likeness (QED) is 0.710. The van der Waals surface area contributed by atoms with Gasteiger partial charge in [0.15, 0.2) is 0 Å². The zero-order valence-electron chi connectivity index (χ0n) is 9.05. The van der Waals surface area contributed by atoms with Crippen LogP contribution in [0.2, 0.25) is 0 Å². The number of carboxylic acid groups (broad SMARTS) is 1. The van der Waals surface area contributed by atoms with Crippen molar-refractivity contribution in [2.24, 2.45) is 5.92 Å². The van der Waals surface area contributed by atoms with Crippen LogP contribution in [0, 0.1) is 5.92 Å². The molecule has 0 spiro atoms. The molecule has 1 saturated carbocycles. The monoisotopic (exact) mass is 217 g/mol. The summed E-state index contributed by atoms with van der Waals surface area (Å²) in [7, 11) is 1.64. The first-order valence-corrected chi connectivity index (χ1v) is 5.24. The lowest BCUT2D eigenvalue weighted by atomic mass is 10.1. The molecule has 1 aliphatic rings. The Hall–Kier alpha value is -1.77. The number of carboxylic acids is 1. The third-order valence-corrected chi connectivity index (χ3v) is 2.84. The van der Waals surface area contributed by atoms with Crippen LogP contribution in [-0.4, -0.2) is 13.1 Å². The van der Waals surface area contributed by atoms with Crippen molar-refractivity contribution in [1.82, 2.24) is 0 Å². The summed E-state index contributed by atoms with van der Waals surface area (Å²) in [6.07, 6.45) is 3.82. The third-order valence-electron chi connectivity index (χ3n) is 2.84. The SMILES string of the molecule is COc1cccc(C2CC2/C=C/C(=O)[O-])c1. The first-order valence-electron chi connectivity index (χ1n) is 5.24. The van der Waals surface area contributed by atoms with Gasteiger partial charge in [-0.2, -0.15) is 0 Å². The number of methoxy groups -OCH3 is 1. The van der Waals surface area contributed by atoms with Crippen molar-refractivity contribution >= 4 is 5.97 Å². The molecule has 0 aromatic heterocycles. The van der Waals surface area contributed by atoms with E-state index in [4.69, 9.17) is 4.74 Å². The number of hydrogen-bond acceptors (Lipinski definition) is 3. The van der Waals surface area contributed by atoms with Crippen LogP contribution in [0.4, 0.5) is 0 Å². The van der Waals surface area contributed by atoms with E-state index in [2.05, 4.69) is 0 Å². The average Bonchev–Trinajstić information content (AvgIpc) is 3.06. The Kier molecular flexibility index (Phi) is 2.95. The molecule has 0 N–H and O–H groups in total. The van der Waals surface area contributed by atoms with E-state index >= 15 is 0 Å². The van der Waals surface area contributed by atoms with Crippen LogP contribution >= 0.6 is 0 Å². The highest BCUT2D eigenvalue weighted by Gasteiger charge is 2.36. The summed E-state index contributed by atoms with van der Waals surface area (Å²) in [6.45, 7) is 0. The molecule has 0 radical (unpaired) electrons. The van der Waals surface area contributed by atoms with Gasteiger partial charge in [0.05, 0.1) is 13.1 Å². The minimum atomic E-state index is -1.13. The van der Waals surface area contributed by atoms with Crippen molar-refractivity contribution in [1.29, 1.82) is 0 Å². The van der Waals surface area contributed by atoms with Gasteiger partial charge >= 0.3 is 0 Å². The number of carbonyl (C=O) groups excluding carboxylic acids is 1. The Morgan fingerprint density at radius 3 is 3.06 bits per heavy atom. The normalized spacial score (nSPS) is 23.3. The number of hydrogen-bond donors (Lipinski definition) is 0. The topological polar surface area (TPSA) is 49.4 Å². The number of ether oxygens (including phenoxy) is 1. The number of benzene rings is 1. The van der Waals surface area contributed by atoms with Crippen molar-refractivity contribution in [3.8, 4) is 5.75 Å². The molecule has 1 aliphatic carbocycles. The van der Waals surface area contributed by atoms with Gasteiger partial charge in [0, 0.05) is 0 Å². The second kappa shape index (κ2) is 4.39. The second-order valence-corrected chi connectivity index (χ2v) is 3.96. The first-order chi connectivity index (χ1) is 7.70. The van der Waals surface area contributed by atoms with Gasteiger partial charge in [-0.3, -0.25) is 0 Å². The van der Waals surface area contributed by atoms with E-state index < -0.39 is 5.97 Å². The highest BCUT2D eigenvalue weighted by molar-refractivity contribution is 5.77. The fraction of sp³-hybridized carbons (Fsp3) is 0.308. The van der Waals surface area contributed by atoms with Gasteiger partial charge in [0.2, 0.25) is 0 Å². The van der Waals surface area contributed by atoms with Gasteiger partial charge in [-0.05, 0) is 42.0 Å². The largest absolute Gasteiger partial charge is 0.545 e. The van der Waals surface area contributed by atoms with Crippen LogP contribution in [0.25, 0.3) is 0 Å². The van der Waals surface area contributed by atoms with Crippen LogP contribution in [0.1, 0.15) is 17.9 Å². The lowest BCUT2D eigenvalue weighted by Crippen LogP contribution is -2.18. The Morgan fingerprint density at radius 1 is 1.56 bits per heavy atom. The summed E-state index contributed by atoms with van der Waals surface area (Å²) in [6, 6.07) is 7.89. The second-order valence-electron chi connectivity index (χ2n) is 3.96. The summed E-state index contributed by atoms with van der Waals surface area (Å²) < 4.78 is 5.14. The van der Waals surface area contributed by atoms with E-state index in [0.29, 0.717) is 11.8 Å². The molecular weight excluding hydrogens is 204 g/mol. The molecular formula is C13H13O3-. The molecule has 3 nitrogen and oxygen atoms in total. The molecule has 3 heteroatoms. The molecule has 1 aromatic rings. The Bertz CT molecular complexity index is 423. The van der Waals surface area contributed by atoms with Crippen molar-refractivity contribution in [2.45, 2.75) is 12.3 Å². The highest BCUT2D eigenvalue weighted by atomic mass is 16.5. The highest BCUT2D eigenvalue weighted by Crippen LogP contribution is 2.48. The van der Waals surface area contributed by atoms with E-state index in [0.717, 1.165) is 18.2 Å². The van der Waals surface area contributed by atoms with Gasteiger partial charge < -0.3 is 14.6 Å². The summed E-state index contributed by atoms with van der Waals surface area (Å²) in [5.74, 6) is 0.457. The molecule has 2 rings (SSSR count).